The number of hydrogen-bond donors (Lipinski definition) is 1. The van der Waals surface area contributed by atoms with Crippen molar-refractivity contribution in [3.05, 3.63) is 34.9 Å². The topological polar surface area (TPSA) is 64.6 Å². The van der Waals surface area contributed by atoms with Crippen molar-refractivity contribution in [2.75, 3.05) is 13.2 Å². The molecule has 1 aliphatic rings. The Balaban J connectivity index is 1.67. The van der Waals surface area contributed by atoms with E-state index in [1.54, 1.807) is 12.1 Å². The van der Waals surface area contributed by atoms with Crippen molar-refractivity contribution in [2.24, 2.45) is 0 Å². The number of amides is 1. The van der Waals surface area contributed by atoms with Gasteiger partial charge in [0.1, 0.15) is 0 Å². The Morgan fingerprint density at radius 2 is 2.10 bits per heavy atom. The number of carbonyl (C=O) groups is 2. The van der Waals surface area contributed by atoms with Crippen LogP contribution in [0.5, 0.6) is 0 Å². The first kappa shape index (κ1) is 14.8. The van der Waals surface area contributed by atoms with E-state index in [0.717, 1.165) is 12.0 Å². The van der Waals surface area contributed by atoms with Gasteiger partial charge in [-0.25, -0.2) is 4.79 Å². The van der Waals surface area contributed by atoms with E-state index >= 15 is 0 Å². The molecule has 0 radical (unpaired) electrons. The molecule has 1 amide bonds. The van der Waals surface area contributed by atoms with Gasteiger partial charge >= 0.3 is 5.97 Å². The van der Waals surface area contributed by atoms with Crippen molar-refractivity contribution < 1.29 is 19.1 Å². The van der Waals surface area contributed by atoms with Crippen LogP contribution in [0.4, 0.5) is 0 Å². The van der Waals surface area contributed by atoms with Crippen LogP contribution in [0.15, 0.2) is 24.3 Å². The van der Waals surface area contributed by atoms with Gasteiger partial charge in [-0.2, -0.15) is 0 Å². The summed E-state index contributed by atoms with van der Waals surface area (Å²) in [5.74, 6) is -0.810. The summed E-state index contributed by atoms with van der Waals surface area (Å²) in [6.45, 7) is 0.655. The monoisotopic (exact) mass is 297 g/mol. The standard InChI is InChI=1S/C14H16ClNO4/c15-11-5-3-10(4-6-11)8-16-13(17)9-20-14(18)12-2-1-7-19-12/h3-6,12H,1-2,7-9H2,(H,16,17)/t12-/m0/s1. The maximum absolute atomic E-state index is 11.5. The molecule has 6 heteroatoms. The van der Waals surface area contributed by atoms with Crippen LogP contribution in [-0.2, 0) is 25.6 Å². The van der Waals surface area contributed by atoms with Crippen LogP contribution >= 0.6 is 11.6 Å². The van der Waals surface area contributed by atoms with Crippen molar-refractivity contribution in [3.8, 4) is 0 Å². The Morgan fingerprint density at radius 3 is 2.75 bits per heavy atom. The van der Waals surface area contributed by atoms with Crippen molar-refractivity contribution in [1.82, 2.24) is 5.32 Å². The van der Waals surface area contributed by atoms with E-state index in [9.17, 15) is 9.59 Å². The summed E-state index contributed by atoms with van der Waals surface area (Å²) in [4.78, 5) is 23.1. The highest BCUT2D eigenvalue weighted by Gasteiger charge is 2.25. The summed E-state index contributed by atoms with van der Waals surface area (Å²) in [5.41, 5.74) is 0.924. The molecule has 1 aromatic rings. The van der Waals surface area contributed by atoms with Gasteiger partial charge in [-0.3, -0.25) is 4.79 Å². The van der Waals surface area contributed by atoms with E-state index in [1.807, 2.05) is 12.1 Å². The van der Waals surface area contributed by atoms with Gasteiger partial charge in [0.25, 0.3) is 5.91 Å². The van der Waals surface area contributed by atoms with Crippen LogP contribution in [0, 0.1) is 0 Å². The molecule has 1 aliphatic heterocycles. The molecular weight excluding hydrogens is 282 g/mol. The molecule has 0 unspecified atom stereocenters. The predicted molar refractivity (Wildman–Crippen MR) is 73.2 cm³/mol. The lowest BCUT2D eigenvalue weighted by Gasteiger charge is -2.10. The van der Waals surface area contributed by atoms with Crippen molar-refractivity contribution in [1.29, 1.82) is 0 Å². The number of hydrogen-bond acceptors (Lipinski definition) is 4. The van der Waals surface area contributed by atoms with Gasteiger partial charge < -0.3 is 14.8 Å². The zero-order chi connectivity index (χ0) is 14.4. The van der Waals surface area contributed by atoms with Crippen LogP contribution in [0.3, 0.4) is 0 Å². The van der Waals surface area contributed by atoms with E-state index in [0.29, 0.717) is 24.6 Å². The Kier molecular flexibility index (Phi) is 5.38. The first-order valence-corrected chi connectivity index (χ1v) is 6.82. The summed E-state index contributed by atoms with van der Waals surface area (Å²) in [7, 11) is 0. The lowest BCUT2D eigenvalue weighted by Crippen LogP contribution is -2.31. The molecule has 20 heavy (non-hydrogen) atoms. The third-order valence-electron chi connectivity index (χ3n) is 2.94. The Bertz CT molecular complexity index is 469. The second-order valence-corrected chi connectivity index (χ2v) is 4.95. The minimum absolute atomic E-state index is 0.285. The number of esters is 1. The van der Waals surface area contributed by atoms with E-state index in [4.69, 9.17) is 21.1 Å². The zero-order valence-corrected chi connectivity index (χ0v) is 11.7. The lowest BCUT2D eigenvalue weighted by atomic mass is 10.2. The van der Waals surface area contributed by atoms with Crippen molar-refractivity contribution >= 4 is 23.5 Å². The van der Waals surface area contributed by atoms with Crippen LogP contribution < -0.4 is 5.32 Å². The number of benzene rings is 1. The molecule has 0 spiro atoms. The van der Waals surface area contributed by atoms with Gasteiger partial charge in [-0.1, -0.05) is 23.7 Å². The van der Waals surface area contributed by atoms with Crippen LogP contribution in [0.2, 0.25) is 5.02 Å². The average Bonchev–Trinajstić information content (AvgIpc) is 2.98. The highest BCUT2D eigenvalue weighted by atomic mass is 35.5. The quantitative estimate of drug-likeness (QED) is 0.840. The molecule has 0 bridgehead atoms. The molecule has 1 fully saturated rings. The molecule has 0 saturated carbocycles. The Labute approximate surface area is 122 Å². The van der Waals surface area contributed by atoms with Crippen LogP contribution in [-0.4, -0.2) is 31.2 Å². The molecule has 2 rings (SSSR count). The van der Waals surface area contributed by atoms with Gasteiger partial charge in [-0.15, -0.1) is 0 Å². The summed E-state index contributed by atoms with van der Waals surface area (Å²) in [6.07, 6.45) is 0.993. The van der Waals surface area contributed by atoms with Gasteiger partial charge in [0.15, 0.2) is 12.7 Å². The number of carbonyl (C=O) groups excluding carboxylic acids is 2. The number of rotatable bonds is 5. The van der Waals surface area contributed by atoms with Gasteiger partial charge in [0.05, 0.1) is 0 Å². The van der Waals surface area contributed by atoms with Crippen molar-refractivity contribution in [2.45, 2.75) is 25.5 Å². The number of ether oxygens (including phenoxy) is 2. The van der Waals surface area contributed by atoms with Crippen LogP contribution in [0.25, 0.3) is 0 Å². The van der Waals surface area contributed by atoms with E-state index in [1.165, 1.54) is 0 Å². The van der Waals surface area contributed by atoms with Gasteiger partial charge in [-0.05, 0) is 30.5 Å². The summed E-state index contributed by atoms with van der Waals surface area (Å²) in [5, 5.41) is 3.31. The van der Waals surface area contributed by atoms with E-state index in [2.05, 4.69) is 5.32 Å². The third kappa shape index (κ3) is 4.51. The largest absolute Gasteiger partial charge is 0.454 e. The first-order valence-electron chi connectivity index (χ1n) is 6.44. The molecule has 1 N–H and O–H groups in total. The third-order valence-corrected chi connectivity index (χ3v) is 3.19. The van der Waals surface area contributed by atoms with E-state index < -0.39 is 12.1 Å². The number of halogens is 1. The van der Waals surface area contributed by atoms with Crippen molar-refractivity contribution in [3.63, 3.8) is 0 Å². The molecule has 1 heterocycles. The Hall–Kier alpha value is -1.59. The molecule has 5 nitrogen and oxygen atoms in total. The Morgan fingerprint density at radius 1 is 1.35 bits per heavy atom. The zero-order valence-electron chi connectivity index (χ0n) is 10.9. The highest BCUT2D eigenvalue weighted by Crippen LogP contribution is 2.13. The predicted octanol–water partition coefficient (Wildman–Crippen LogP) is 1.68. The molecule has 1 saturated heterocycles. The second kappa shape index (κ2) is 7.26. The average molecular weight is 298 g/mol. The lowest BCUT2D eigenvalue weighted by molar-refractivity contribution is -0.157. The molecule has 1 atom stereocenters. The normalized spacial score (nSPS) is 17.8. The minimum Gasteiger partial charge on any atom is -0.454 e. The summed E-state index contributed by atoms with van der Waals surface area (Å²) < 4.78 is 10.1. The fraction of sp³-hybridized carbons (Fsp3) is 0.429. The molecule has 108 valence electrons. The fourth-order valence-electron chi connectivity index (χ4n) is 1.85. The fourth-order valence-corrected chi connectivity index (χ4v) is 1.97. The number of nitrogens with one attached hydrogen (secondary N) is 1. The van der Waals surface area contributed by atoms with E-state index in [-0.39, 0.29) is 12.5 Å². The molecule has 0 aromatic heterocycles. The smallest absolute Gasteiger partial charge is 0.335 e. The highest BCUT2D eigenvalue weighted by molar-refractivity contribution is 6.30. The first-order chi connectivity index (χ1) is 9.65. The SMILES string of the molecule is O=C(COC(=O)[C@@H]1CCCO1)NCc1ccc(Cl)cc1. The maximum atomic E-state index is 11.5. The minimum atomic E-state index is -0.515. The van der Waals surface area contributed by atoms with Crippen LogP contribution in [0.1, 0.15) is 18.4 Å². The summed E-state index contributed by atoms with van der Waals surface area (Å²) >= 11 is 5.76. The second-order valence-electron chi connectivity index (χ2n) is 4.51. The molecule has 0 aliphatic carbocycles. The van der Waals surface area contributed by atoms with Gasteiger partial charge in [0, 0.05) is 18.2 Å². The molecule has 1 aromatic carbocycles. The van der Waals surface area contributed by atoms with Gasteiger partial charge in [0.2, 0.25) is 0 Å². The molecular formula is C14H16ClNO4. The maximum Gasteiger partial charge on any atom is 0.335 e. The summed E-state index contributed by atoms with van der Waals surface area (Å²) in [6, 6.07) is 7.14.